The van der Waals surface area contributed by atoms with Crippen molar-refractivity contribution in [1.29, 1.82) is 0 Å². The maximum absolute atomic E-state index is 13.0. The summed E-state index contributed by atoms with van der Waals surface area (Å²) in [4.78, 5) is 38.4. The van der Waals surface area contributed by atoms with Crippen LogP contribution in [-0.2, 0) is 28.6 Å². The van der Waals surface area contributed by atoms with Gasteiger partial charge in [-0.05, 0) is 77.0 Å². The largest absolute Gasteiger partial charge is 0.462 e. The molecule has 0 spiro atoms. The third kappa shape index (κ3) is 68.4. The molecule has 0 aliphatic rings. The van der Waals surface area contributed by atoms with Crippen molar-refractivity contribution in [2.45, 2.75) is 419 Å². The highest BCUT2D eigenvalue weighted by Gasteiger charge is 2.20. The van der Waals surface area contributed by atoms with Crippen molar-refractivity contribution < 1.29 is 28.6 Å². The summed E-state index contributed by atoms with van der Waals surface area (Å²) in [5.41, 5.74) is 0. The van der Waals surface area contributed by atoms with Gasteiger partial charge in [-0.1, -0.05) is 353 Å². The molecule has 0 heterocycles. The molecule has 0 fully saturated rings. The van der Waals surface area contributed by atoms with Crippen LogP contribution in [0.1, 0.15) is 412 Å². The van der Waals surface area contributed by atoms with Crippen LogP contribution in [0.15, 0.2) is 36.5 Å². The van der Waals surface area contributed by atoms with Gasteiger partial charge in [0.1, 0.15) is 13.2 Å². The summed E-state index contributed by atoms with van der Waals surface area (Å²) in [5.74, 6) is -0.835. The number of unbranched alkanes of at least 4 members (excludes halogenated alkanes) is 52. The Morgan fingerprint density at radius 2 is 0.439 bits per heavy atom. The van der Waals surface area contributed by atoms with Crippen LogP contribution in [0.5, 0.6) is 0 Å². The Labute approximate surface area is 512 Å². The van der Waals surface area contributed by atoms with Crippen LogP contribution in [-0.4, -0.2) is 37.2 Å². The number of hydrogen-bond acceptors (Lipinski definition) is 6. The number of carbonyl (C=O) groups excluding carboxylic acids is 3. The van der Waals surface area contributed by atoms with Crippen LogP contribution < -0.4 is 0 Å². The third-order valence-corrected chi connectivity index (χ3v) is 16.9. The van der Waals surface area contributed by atoms with E-state index in [1.54, 1.807) is 0 Å². The first-order valence-electron chi connectivity index (χ1n) is 37.0. The molecule has 1 unspecified atom stereocenters. The van der Waals surface area contributed by atoms with Gasteiger partial charge < -0.3 is 14.2 Å². The van der Waals surface area contributed by atoms with Gasteiger partial charge in [0.2, 0.25) is 0 Å². The van der Waals surface area contributed by atoms with Crippen molar-refractivity contribution in [1.82, 2.24) is 0 Å². The maximum atomic E-state index is 13.0. The Morgan fingerprint density at radius 1 is 0.244 bits per heavy atom. The van der Waals surface area contributed by atoms with Gasteiger partial charge in [-0.15, -0.1) is 0 Å². The number of ether oxygens (including phenoxy) is 3. The molecule has 6 heteroatoms. The topological polar surface area (TPSA) is 78.9 Å². The number of allylic oxidation sites excluding steroid dienone is 6. The molecule has 0 aromatic rings. The summed E-state index contributed by atoms with van der Waals surface area (Å²) >= 11 is 0. The highest BCUT2D eigenvalue weighted by molar-refractivity contribution is 5.71. The Morgan fingerprint density at radius 3 is 0.683 bits per heavy atom. The van der Waals surface area contributed by atoms with E-state index in [-0.39, 0.29) is 31.1 Å². The van der Waals surface area contributed by atoms with E-state index in [4.69, 9.17) is 14.2 Å². The Hall–Kier alpha value is -2.37. The number of carbonyl (C=O) groups is 3. The van der Waals surface area contributed by atoms with E-state index < -0.39 is 6.10 Å². The van der Waals surface area contributed by atoms with Crippen molar-refractivity contribution in [2.24, 2.45) is 0 Å². The highest BCUT2D eigenvalue weighted by Crippen LogP contribution is 2.19. The van der Waals surface area contributed by atoms with Gasteiger partial charge in [-0.2, -0.15) is 0 Å². The molecule has 0 saturated heterocycles. The quantitative estimate of drug-likeness (QED) is 0.0261. The van der Waals surface area contributed by atoms with Crippen molar-refractivity contribution in [3.8, 4) is 0 Å². The molecule has 6 nitrogen and oxygen atoms in total. The minimum Gasteiger partial charge on any atom is -0.462 e. The predicted molar refractivity (Wildman–Crippen MR) is 358 cm³/mol. The molecule has 0 radical (unpaired) electrons. The van der Waals surface area contributed by atoms with Gasteiger partial charge in [0, 0.05) is 19.3 Å². The summed E-state index contributed by atoms with van der Waals surface area (Å²) in [7, 11) is 0. The van der Waals surface area contributed by atoms with Crippen LogP contribution in [0.3, 0.4) is 0 Å². The van der Waals surface area contributed by atoms with E-state index in [0.717, 1.165) is 64.2 Å². The molecule has 0 N–H and O–H groups in total. The lowest BCUT2D eigenvalue weighted by Gasteiger charge is -2.18. The molecule has 0 bridgehead atoms. The van der Waals surface area contributed by atoms with E-state index >= 15 is 0 Å². The van der Waals surface area contributed by atoms with Gasteiger partial charge in [0.15, 0.2) is 6.10 Å². The minimum atomic E-state index is -0.770. The van der Waals surface area contributed by atoms with Crippen LogP contribution in [0.2, 0.25) is 0 Å². The molecule has 0 rings (SSSR count). The number of esters is 3. The summed E-state index contributed by atoms with van der Waals surface area (Å²) in [6.07, 6.45) is 89.0. The second kappa shape index (κ2) is 71.1. The first-order valence-corrected chi connectivity index (χ1v) is 37.0. The maximum Gasteiger partial charge on any atom is 0.306 e. The fourth-order valence-electron chi connectivity index (χ4n) is 11.3. The molecule has 0 aliphatic heterocycles. The van der Waals surface area contributed by atoms with Crippen LogP contribution in [0.25, 0.3) is 0 Å². The van der Waals surface area contributed by atoms with Gasteiger partial charge >= 0.3 is 17.9 Å². The lowest BCUT2D eigenvalue weighted by atomic mass is 10.0. The molecule has 0 aromatic carbocycles. The summed E-state index contributed by atoms with van der Waals surface area (Å²) in [6, 6.07) is 0. The predicted octanol–water partition coefficient (Wildman–Crippen LogP) is 25.5. The molecular weight excluding hydrogens is 1010 g/mol. The smallest absolute Gasteiger partial charge is 0.306 e. The lowest BCUT2D eigenvalue weighted by Crippen LogP contribution is -2.30. The standard InChI is InChI=1S/C76H142O6/c1-4-7-10-13-16-19-22-25-27-29-31-33-35-37-38-40-41-43-45-47-49-51-54-57-60-63-66-69-75(78)81-72-73(71-80-74(77)68-65-62-59-56-53-24-21-18-15-12-9-6-3)82-76(79)70-67-64-61-58-55-52-50-48-46-44-42-39-36-34-32-30-28-26-23-20-17-14-11-8-5-2/h22,25,29-32,73H,4-21,23-24,26-28,33-72H2,1-3H3/b25-22-,31-29-,32-30-. The van der Waals surface area contributed by atoms with E-state index in [2.05, 4.69) is 57.2 Å². The van der Waals surface area contributed by atoms with E-state index in [0.29, 0.717) is 19.3 Å². The fraction of sp³-hybridized carbons (Fsp3) is 0.882. The molecule has 482 valence electrons. The fourth-order valence-corrected chi connectivity index (χ4v) is 11.3. The van der Waals surface area contributed by atoms with Gasteiger partial charge in [-0.3, -0.25) is 14.4 Å². The lowest BCUT2D eigenvalue weighted by molar-refractivity contribution is -0.167. The van der Waals surface area contributed by atoms with Crippen molar-refractivity contribution in [2.75, 3.05) is 13.2 Å². The van der Waals surface area contributed by atoms with E-state index in [1.165, 1.54) is 308 Å². The van der Waals surface area contributed by atoms with Crippen LogP contribution >= 0.6 is 0 Å². The van der Waals surface area contributed by atoms with Crippen molar-refractivity contribution in [3.63, 3.8) is 0 Å². The molecular formula is C76H142O6. The summed E-state index contributed by atoms with van der Waals surface area (Å²) < 4.78 is 17.0. The Kier molecular flexibility index (Phi) is 69.1. The van der Waals surface area contributed by atoms with Gasteiger partial charge in [0.05, 0.1) is 0 Å². The third-order valence-electron chi connectivity index (χ3n) is 16.9. The molecule has 82 heavy (non-hydrogen) atoms. The summed E-state index contributed by atoms with van der Waals surface area (Å²) in [5, 5.41) is 0. The zero-order chi connectivity index (χ0) is 59.2. The monoisotopic (exact) mass is 1150 g/mol. The number of hydrogen-bond donors (Lipinski definition) is 0. The zero-order valence-corrected chi connectivity index (χ0v) is 55.5. The second-order valence-electron chi connectivity index (χ2n) is 25.2. The van der Waals surface area contributed by atoms with Gasteiger partial charge in [0.25, 0.3) is 0 Å². The summed E-state index contributed by atoms with van der Waals surface area (Å²) in [6.45, 7) is 6.70. The average molecular weight is 1150 g/mol. The zero-order valence-electron chi connectivity index (χ0n) is 55.5. The highest BCUT2D eigenvalue weighted by atomic mass is 16.6. The minimum absolute atomic E-state index is 0.0660. The molecule has 1 atom stereocenters. The molecule has 0 aromatic heterocycles. The molecule has 0 aliphatic carbocycles. The first-order chi connectivity index (χ1) is 40.5. The first kappa shape index (κ1) is 79.6. The average Bonchev–Trinajstić information content (AvgIpc) is 3.47. The Bertz CT molecular complexity index is 1370. The second-order valence-corrected chi connectivity index (χ2v) is 25.2. The molecule has 0 amide bonds. The van der Waals surface area contributed by atoms with E-state index in [1.807, 2.05) is 0 Å². The van der Waals surface area contributed by atoms with Crippen LogP contribution in [0, 0.1) is 0 Å². The normalized spacial score (nSPS) is 12.2. The van der Waals surface area contributed by atoms with Gasteiger partial charge in [-0.25, -0.2) is 0 Å². The van der Waals surface area contributed by atoms with E-state index in [9.17, 15) is 14.4 Å². The Balaban J connectivity index is 4.18. The SMILES string of the molecule is CCCCCCC/C=C\C/C=C\CCCCCCCCCCCCCCCCCC(=O)OCC(COC(=O)CCCCCCCCCCCCCC)OC(=O)CCCCCCCCCCCCCCC/C=C\CCCCCCCCCC. The number of rotatable bonds is 69. The van der Waals surface area contributed by atoms with Crippen molar-refractivity contribution >= 4 is 17.9 Å². The molecule has 0 saturated carbocycles. The van der Waals surface area contributed by atoms with Crippen LogP contribution in [0.4, 0.5) is 0 Å². The van der Waals surface area contributed by atoms with Crippen molar-refractivity contribution in [3.05, 3.63) is 36.5 Å².